The Morgan fingerprint density at radius 1 is 1.17 bits per heavy atom. The fourth-order valence-electron chi connectivity index (χ4n) is 3.06. The van der Waals surface area contributed by atoms with Crippen molar-refractivity contribution in [3.05, 3.63) is 54.3 Å². The van der Waals surface area contributed by atoms with Crippen molar-refractivity contribution in [2.75, 3.05) is 42.4 Å². The van der Waals surface area contributed by atoms with Crippen molar-refractivity contribution in [2.24, 2.45) is 5.92 Å². The zero-order chi connectivity index (χ0) is 21.0. The molecule has 7 nitrogen and oxygen atoms in total. The van der Waals surface area contributed by atoms with Crippen LogP contribution in [0.5, 0.6) is 0 Å². The molecule has 0 saturated carbocycles. The third-order valence-corrected chi connectivity index (χ3v) is 4.61. The Hall–Kier alpha value is -3.42. The van der Waals surface area contributed by atoms with Gasteiger partial charge in [-0.15, -0.1) is 0 Å². The van der Waals surface area contributed by atoms with E-state index in [1.54, 1.807) is 18.2 Å². The molecule has 0 radical (unpaired) electrons. The molecule has 1 fully saturated rings. The van der Waals surface area contributed by atoms with Crippen LogP contribution in [-0.2, 0) is 19.1 Å². The molecule has 1 aliphatic heterocycles. The molecule has 0 unspecified atom stereocenters. The van der Waals surface area contributed by atoms with Crippen LogP contribution in [0.2, 0.25) is 0 Å². The lowest BCUT2D eigenvalue weighted by molar-refractivity contribution is -0.151. The van der Waals surface area contributed by atoms with Gasteiger partial charge in [-0.1, -0.05) is 12.1 Å². The molecule has 1 aliphatic rings. The molecule has 0 aliphatic carbocycles. The van der Waals surface area contributed by atoms with Crippen LogP contribution in [0, 0.1) is 11.7 Å². The quantitative estimate of drug-likeness (QED) is 0.755. The second-order valence-corrected chi connectivity index (χ2v) is 6.95. The van der Waals surface area contributed by atoms with E-state index in [0.29, 0.717) is 5.69 Å². The van der Waals surface area contributed by atoms with Crippen molar-refractivity contribution in [2.45, 2.75) is 6.42 Å². The summed E-state index contributed by atoms with van der Waals surface area (Å²) in [6, 6.07) is 13.1. The molecule has 0 aromatic heterocycles. The van der Waals surface area contributed by atoms with Gasteiger partial charge in [-0.05, 0) is 36.4 Å². The van der Waals surface area contributed by atoms with Crippen LogP contribution >= 0.6 is 0 Å². The number of nitrogens with one attached hydrogen (secondary N) is 1. The summed E-state index contributed by atoms with van der Waals surface area (Å²) in [6.07, 6.45) is -0.0826. The summed E-state index contributed by atoms with van der Waals surface area (Å²) >= 11 is 0. The van der Waals surface area contributed by atoms with Crippen molar-refractivity contribution in [3.63, 3.8) is 0 Å². The molecule has 1 atom stereocenters. The molecule has 1 heterocycles. The average Bonchev–Trinajstić information content (AvgIpc) is 3.08. The molecule has 0 bridgehead atoms. The number of halogens is 1. The highest BCUT2D eigenvalue weighted by Crippen LogP contribution is 2.27. The van der Waals surface area contributed by atoms with E-state index in [9.17, 15) is 18.8 Å². The van der Waals surface area contributed by atoms with Crippen molar-refractivity contribution in [1.82, 2.24) is 0 Å². The maximum atomic E-state index is 13.9. The van der Waals surface area contributed by atoms with E-state index in [4.69, 9.17) is 4.74 Å². The van der Waals surface area contributed by atoms with Crippen molar-refractivity contribution in [1.29, 1.82) is 0 Å². The van der Waals surface area contributed by atoms with Crippen LogP contribution in [0.1, 0.15) is 6.42 Å². The molecule has 0 spiro atoms. The fraction of sp³-hybridized carbons (Fsp3) is 0.286. The van der Waals surface area contributed by atoms with Gasteiger partial charge in [-0.25, -0.2) is 4.39 Å². The summed E-state index contributed by atoms with van der Waals surface area (Å²) in [4.78, 5) is 39.6. The molecule has 3 rings (SSSR count). The molecular formula is C21H22FN3O4. The minimum atomic E-state index is -0.741. The molecule has 2 amide bonds. The van der Waals surface area contributed by atoms with Crippen LogP contribution in [0.3, 0.4) is 0 Å². The largest absolute Gasteiger partial charge is 0.455 e. The van der Waals surface area contributed by atoms with Crippen LogP contribution in [0.4, 0.5) is 21.5 Å². The average molecular weight is 399 g/mol. The first-order valence-corrected chi connectivity index (χ1v) is 9.14. The molecule has 29 heavy (non-hydrogen) atoms. The molecule has 2 aromatic rings. The predicted octanol–water partition coefficient (Wildman–Crippen LogP) is 2.43. The Balaban J connectivity index is 1.51. The molecule has 1 saturated heterocycles. The number of hydrogen-bond acceptors (Lipinski definition) is 5. The maximum absolute atomic E-state index is 13.9. The fourth-order valence-corrected chi connectivity index (χ4v) is 3.06. The van der Waals surface area contributed by atoms with Crippen molar-refractivity contribution < 1.29 is 23.5 Å². The number of amides is 2. The smallest absolute Gasteiger partial charge is 0.311 e. The van der Waals surface area contributed by atoms with Gasteiger partial charge in [-0.3, -0.25) is 14.4 Å². The lowest BCUT2D eigenvalue weighted by Gasteiger charge is -2.17. The number of nitrogens with zero attached hydrogens (tertiary/aromatic N) is 2. The Bertz CT molecular complexity index is 914. The van der Waals surface area contributed by atoms with Gasteiger partial charge in [0.1, 0.15) is 5.82 Å². The van der Waals surface area contributed by atoms with E-state index >= 15 is 0 Å². The van der Waals surface area contributed by atoms with E-state index in [1.165, 1.54) is 23.1 Å². The third-order valence-electron chi connectivity index (χ3n) is 4.61. The SMILES string of the molecule is CN(C)c1ccc(NC(=O)COC(=O)[C@H]2CC(=O)N(c3ccccc3F)C2)cc1. The topological polar surface area (TPSA) is 79.0 Å². The summed E-state index contributed by atoms with van der Waals surface area (Å²) in [5.74, 6) is -2.77. The third kappa shape index (κ3) is 4.90. The Morgan fingerprint density at radius 2 is 1.86 bits per heavy atom. The predicted molar refractivity (Wildman–Crippen MR) is 107 cm³/mol. The Labute approximate surface area is 168 Å². The zero-order valence-electron chi connectivity index (χ0n) is 16.2. The van der Waals surface area contributed by atoms with E-state index in [-0.39, 0.29) is 24.6 Å². The number of para-hydroxylation sites is 1. The number of esters is 1. The number of carbonyl (C=O) groups excluding carboxylic acids is 3. The van der Waals surface area contributed by atoms with Gasteiger partial charge in [0, 0.05) is 38.4 Å². The van der Waals surface area contributed by atoms with Gasteiger partial charge >= 0.3 is 5.97 Å². The number of benzene rings is 2. The standard InChI is InChI=1S/C21H22FN3O4/c1-24(2)16-9-7-15(8-10-16)23-19(26)13-29-21(28)14-11-20(27)25(12-14)18-6-4-3-5-17(18)22/h3-10,14H,11-13H2,1-2H3,(H,23,26)/t14-/m0/s1. The molecule has 1 N–H and O–H groups in total. The highest BCUT2D eigenvalue weighted by atomic mass is 19.1. The van der Waals surface area contributed by atoms with E-state index in [0.717, 1.165) is 5.69 Å². The summed E-state index contributed by atoms with van der Waals surface area (Å²) in [7, 11) is 3.82. The minimum Gasteiger partial charge on any atom is -0.455 e. The van der Waals surface area contributed by atoms with E-state index < -0.39 is 30.2 Å². The Morgan fingerprint density at radius 3 is 2.52 bits per heavy atom. The summed E-state index contributed by atoms with van der Waals surface area (Å²) in [6.45, 7) is -0.440. The number of carbonyl (C=O) groups is 3. The van der Waals surface area contributed by atoms with Crippen molar-refractivity contribution >= 4 is 34.8 Å². The second-order valence-electron chi connectivity index (χ2n) is 6.95. The van der Waals surface area contributed by atoms with Gasteiger partial charge in [0.15, 0.2) is 6.61 Å². The summed E-state index contributed by atoms with van der Waals surface area (Å²) < 4.78 is 19.0. The first-order chi connectivity index (χ1) is 13.8. The molecule has 152 valence electrons. The maximum Gasteiger partial charge on any atom is 0.311 e. The Kier molecular flexibility index (Phi) is 6.11. The highest BCUT2D eigenvalue weighted by molar-refractivity contribution is 6.00. The first kappa shape index (κ1) is 20.3. The van der Waals surface area contributed by atoms with Crippen LogP contribution in [-0.4, -0.2) is 45.0 Å². The lowest BCUT2D eigenvalue weighted by Crippen LogP contribution is -2.28. The van der Waals surface area contributed by atoms with E-state index in [2.05, 4.69) is 5.32 Å². The second kappa shape index (κ2) is 8.72. The summed E-state index contributed by atoms with van der Waals surface area (Å²) in [5, 5.41) is 2.64. The van der Waals surface area contributed by atoms with Gasteiger partial charge in [-0.2, -0.15) is 0 Å². The first-order valence-electron chi connectivity index (χ1n) is 9.14. The molecule has 2 aromatic carbocycles. The van der Waals surface area contributed by atoms with Gasteiger partial charge in [0.25, 0.3) is 5.91 Å². The normalized spacial score (nSPS) is 15.9. The van der Waals surface area contributed by atoms with Gasteiger partial charge in [0.2, 0.25) is 5.91 Å². The number of anilines is 3. The monoisotopic (exact) mass is 399 g/mol. The van der Waals surface area contributed by atoms with Crippen LogP contribution in [0.25, 0.3) is 0 Å². The minimum absolute atomic E-state index is 0.0201. The summed E-state index contributed by atoms with van der Waals surface area (Å²) in [5.41, 5.74) is 1.70. The van der Waals surface area contributed by atoms with Gasteiger partial charge in [0.05, 0.1) is 11.6 Å². The van der Waals surface area contributed by atoms with E-state index in [1.807, 2.05) is 31.1 Å². The zero-order valence-corrected chi connectivity index (χ0v) is 16.2. The number of rotatable bonds is 6. The molecule has 8 heteroatoms. The van der Waals surface area contributed by atoms with Crippen LogP contribution in [0.15, 0.2) is 48.5 Å². The molecular weight excluding hydrogens is 377 g/mol. The van der Waals surface area contributed by atoms with Crippen molar-refractivity contribution in [3.8, 4) is 0 Å². The lowest BCUT2D eigenvalue weighted by atomic mass is 10.1. The highest BCUT2D eigenvalue weighted by Gasteiger charge is 2.37. The van der Waals surface area contributed by atoms with Gasteiger partial charge < -0.3 is 19.9 Å². The van der Waals surface area contributed by atoms with Crippen LogP contribution < -0.4 is 15.1 Å². The number of hydrogen-bond donors (Lipinski definition) is 1. The number of ether oxygens (including phenoxy) is 1.